The standard InChI is InChI=1S/C15H12O2/c1-11-7-15(12-5-3-2-4-6-12)14(10-17)8-13(11)9-16/h2-10H,1H3. The van der Waals surface area contributed by atoms with E-state index in [0.717, 1.165) is 29.3 Å². The van der Waals surface area contributed by atoms with Crippen molar-refractivity contribution in [2.45, 2.75) is 6.92 Å². The van der Waals surface area contributed by atoms with Gasteiger partial charge in [0.1, 0.15) is 6.29 Å². The predicted octanol–water partition coefficient (Wildman–Crippen LogP) is 3.29. The molecule has 2 aromatic rings. The zero-order chi connectivity index (χ0) is 12.3. The van der Waals surface area contributed by atoms with Crippen LogP contribution in [0, 0.1) is 6.92 Å². The van der Waals surface area contributed by atoms with Gasteiger partial charge in [-0.3, -0.25) is 9.59 Å². The first-order valence-corrected chi connectivity index (χ1v) is 5.36. The first-order valence-electron chi connectivity index (χ1n) is 5.36. The maximum absolute atomic E-state index is 11.1. The van der Waals surface area contributed by atoms with Crippen LogP contribution in [0.4, 0.5) is 0 Å². The summed E-state index contributed by atoms with van der Waals surface area (Å²) in [5.74, 6) is 0. The van der Waals surface area contributed by atoms with Gasteiger partial charge in [-0.15, -0.1) is 0 Å². The molecule has 2 rings (SSSR count). The van der Waals surface area contributed by atoms with Crippen LogP contribution in [0.15, 0.2) is 42.5 Å². The van der Waals surface area contributed by atoms with Crippen molar-refractivity contribution >= 4 is 12.6 Å². The van der Waals surface area contributed by atoms with Gasteiger partial charge in [-0.1, -0.05) is 36.4 Å². The Balaban J connectivity index is 2.66. The Morgan fingerprint density at radius 2 is 1.53 bits per heavy atom. The normalized spacial score (nSPS) is 9.94. The average Bonchev–Trinajstić information content (AvgIpc) is 2.39. The summed E-state index contributed by atoms with van der Waals surface area (Å²) in [6.07, 6.45) is 1.56. The highest BCUT2D eigenvalue weighted by Gasteiger charge is 2.08. The van der Waals surface area contributed by atoms with Gasteiger partial charge in [0.25, 0.3) is 0 Å². The van der Waals surface area contributed by atoms with Crippen LogP contribution in [0.3, 0.4) is 0 Å². The highest BCUT2D eigenvalue weighted by molar-refractivity contribution is 5.92. The Hall–Kier alpha value is -2.22. The Labute approximate surface area is 99.9 Å². The van der Waals surface area contributed by atoms with E-state index in [1.54, 1.807) is 6.07 Å². The van der Waals surface area contributed by atoms with E-state index in [2.05, 4.69) is 0 Å². The molecule has 2 aromatic carbocycles. The number of carbonyl (C=O) groups excluding carboxylic acids is 2. The van der Waals surface area contributed by atoms with Crippen LogP contribution in [0.5, 0.6) is 0 Å². The van der Waals surface area contributed by atoms with Crippen molar-refractivity contribution in [3.8, 4) is 11.1 Å². The molecule has 0 aromatic heterocycles. The highest BCUT2D eigenvalue weighted by atomic mass is 16.1. The number of aldehydes is 2. The molecule has 0 aliphatic heterocycles. The second-order valence-electron chi connectivity index (χ2n) is 3.90. The lowest BCUT2D eigenvalue weighted by atomic mass is 9.95. The van der Waals surface area contributed by atoms with E-state index in [1.807, 2.05) is 43.3 Å². The molecule has 0 radical (unpaired) electrons. The molecule has 0 N–H and O–H groups in total. The third kappa shape index (κ3) is 2.16. The van der Waals surface area contributed by atoms with Gasteiger partial charge in [-0.2, -0.15) is 0 Å². The molecule has 0 amide bonds. The Kier molecular flexibility index (Phi) is 3.15. The smallest absolute Gasteiger partial charge is 0.150 e. The van der Waals surface area contributed by atoms with E-state index < -0.39 is 0 Å². The number of carbonyl (C=O) groups is 2. The van der Waals surface area contributed by atoms with E-state index >= 15 is 0 Å². The minimum atomic E-state index is 0.545. The van der Waals surface area contributed by atoms with Crippen molar-refractivity contribution in [2.75, 3.05) is 0 Å². The number of hydrogen-bond donors (Lipinski definition) is 0. The lowest BCUT2D eigenvalue weighted by molar-refractivity contribution is 0.112. The van der Waals surface area contributed by atoms with Crippen LogP contribution in [0.25, 0.3) is 11.1 Å². The lowest BCUT2D eigenvalue weighted by Crippen LogP contribution is -1.94. The first kappa shape index (κ1) is 11.3. The van der Waals surface area contributed by atoms with Crippen molar-refractivity contribution in [1.82, 2.24) is 0 Å². The second-order valence-corrected chi connectivity index (χ2v) is 3.90. The number of aryl methyl sites for hydroxylation is 1. The molecular formula is C15H12O2. The van der Waals surface area contributed by atoms with Crippen LogP contribution in [-0.4, -0.2) is 12.6 Å². The SMILES string of the molecule is Cc1cc(-c2ccccc2)c(C=O)cc1C=O. The van der Waals surface area contributed by atoms with Crippen LogP contribution < -0.4 is 0 Å². The molecule has 0 spiro atoms. The van der Waals surface area contributed by atoms with Gasteiger partial charge in [0.05, 0.1) is 0 Å². The van der Waals surface area contributed by atoms with E-state index in [4.69, 9.17) is 0 Å². The van der Waals surface area contributed by atoms with Crippen molar-refractivity contribution in [3.63, 3.8) is 0 Å². The first-order chi connectivity index (χ1) is 8.26. The zero-order valence-electron chi connectivity index (χ0n) is 9.51. The summed E-state index contributed by atoms with van der Waals surface area (Å²) in [5, 5.41) is 0. The molecule has 0 heterocycles. The molecule has 0 aliphatic carbocycles. The molecule has 0 aliphatic rings. The Morgan fingerprint density at radius 1 is 0.882 bits per heavy atom. The summed E-state index contributed by atoms with van der Waals surface area (Å²) in [6.45, 7) is 1.87. The minimum Gasteiger partial charge on any atom is -0.298 e. The van der Waals surface area contributed by atoms with Crippen molar-refractivity contribution in [1.29, 1.82) is 0 Å². The number of rotatable bonds is 3. The van der Waals surface area contributed by atoms with Gasteiger partial charge in [0.2, 0.25) is 0 Å². The lowest BCUT2D eigenvalue weighted by Gasteiger charge is -2.08. The molecule has 2 heteroatoms. The van der Waals surface area contributed by atoms with E-state index in [1.165, 1.54) is 0 Å². The van der Waals surface area contributed by atoms with Gasteiger partial charge in [-0.25, -0.2) is 0 Å². The quantitative estimate of drug-likeness (QED) is 0.750. The van der Waals surface area contributed by atoms with E-state index in [9.17, 15) is 9.59 Å². The van der Waals surface area contributed by atoms with Gasteiger partial charge in [0, 0.05) is 11.1 Å². The van der Waals surface area contributed by atoms with Gasteiger partial charge in [-0.05, 0) is 29.7 Å². The fraction of sp³-hybridized carbons (Fsp3) is 0.0667. The van der Waals surface area contributed by atoms with Crippen LogP contribution in [-0.2, 0) is 0 Å². The third-order valence-electron chi connectivity index (χ3n) is 2.78. The van der Waals surface area contributed by atoms with Crippen LogP contribution in [0.2, 0.25) is 0 Å². The van der Waals surface area contributed by atoms with Crippen molar-refractivity contribution in [3.05, 3.63) is 59.2 Å². The molecule has 0 saturated heterocycles. The second kappa shape index (κ2) is 4.74. The topological polar surface area (TPSA) is 34.1 Å². The van der Waals surface area contributed by atoms with Gasteiger partial charge < -0.3 is 0 Å². The largest absolute Gasteiger partial charge is 0.298 e. The summed E-state index contributed by atoms with van der Waals surface area (Å²) in [5.41, 5.74) is 3.83. The maximum Gasteiger partial charge on any atom is 0.150 e. The minimum absolute atomic E-state index is 0.545. The number of hydrogen-bond acceptors (Lipinski definition) is 2. The van der Waals surface area contributed by atoms with Crippen LogP contribution >= 0.6 is 0 Å². The summed E-state index contributed by atoms with van der Waals surface area (Å²) in [7, 11) is 0. The molecule has 0 saturated carbocycles. The summed E-state index contributed by atoms with van der Waals surface area (Å²) < 4.78 is 0. The molecule has 0 bridgehead atoms. The van der Waals surface area contributed by atoms with Gasteiger partial charge >= 0.3 is 0 Å². The molecule has 0 fully saturated rings. The Bertz CT molecular complexity index is 557. The molecule has 0 unspecified atom stereocenters. The molecule has 2 nitrogen and oxygen atoms in total. The fourth-order valence-corrected chi connectivity index (χ4v) is 1.83. The predicted molar refractivity (Wildman–Crippen MR) is 67.4 cm³/mol. The van der Waals surface area contributed by atoms with Gasteiger partial charge in [0.15, 0.2) is 6.29 Å². The fourth-order valence-electron chi connectivity index (χ4n) is 1.83. The molecule has 0 atom stereocenters. The van der Waals surface area contributed by atoms with E-state index in [-0.39, 0.29) is 0 Å². The summed E-state index contributed by atoms with van der Waals surface area (Å²) >= 11 is 0. The molecule has 17 heavy (non-hydrogen) atoms. The monoisotopic (exact) mass is 224 g/mol. The highest BCUT2D eigenvalue weighted by Crippen LogP contribution is 2.25. The van der Waals surface area contributed by atoms with Crippen LogP contribution in [0.1, 0.15) is 26.3 Å². The maximum atomic E-state index is 11.1. The Morgan fingerprint density at radius 3 is 2.12 bits per heavy atom. The zero-order valence-corrected chi connectivity index (χ0v) is 9.51. The van der Waals surface area contributed by atoms with Crippen molar-refractivity contribution in [2.24, 2.45) is 0 Å². The van der Waals surface area contributed by atoms with Crippen molar-refractivity contribution < 1.29 is 9.59 Å². The molecular weight excluding hydrogens is 212 g/mol. The number of benzene rings is 2. The summed E-state index contributed by atoms with van der Waals surface area (Å²) in [6, 6.07) is 13.2. The third-order valence-corrected chi connectivity index (χ3v) is 2.78. The summed E-state index contributed by atoms with van der Waals surface area (Å²) in [4.78, 5) is 21.9. The van der Waals surface area contributed by atoms with E-state index in [0.29, 0.717) is 11.1 Å². The average molecular weight is 224 g/mol. The molecule has 84 valence electrons.